The van der Waals surface area contributed by atoms with Gasteiger partial charge in [0, 0.05) is 37.2 Å². The summed E-state index contributed by atoms with van der Waals surface area (Å²) in [7, 11) is 2.27. The molecule has 0 aromatic rings. The van der Waals surface area contributed by atoms with Gasteiger partial charge in [-0.3, -0.25) is 4.99 Å². The molecule has 0 bridgehead atoms. The lowest BCUT2D eigenvalue weighted by Gasteiger charge is -2.31. The van der Waals surface area contributed by atoms with Crippen molar-refractivity contribution < 1.29 is 0 Å². The highest BCUT2D eigenvalue weighted by Gasteiger charge is 2.17. The topological polar surface area (TPSA) is 44.9 Å². The molecule has 0 unspecified atom stereocenters. The number of guanidine groups is 1. The molecule has 1 aliphatic carbocycles. The van der Waals surface area contributed by atoms with E-state index in [4.69, 9.17) is 5.73 Å². The van der Waals surface area contributed by atoms with Crippen LogP contribution >= 0.6 is 11.8 Å². The molecule has 116 valence electrons. The van der Waals surface area contributed by atoms with Crippen LogP contribution in [0, 0.1) is 0 Å². The van der Waals surface area contributed by atoms with Crippen LogP contribution in [0.1, 0.15) is 38.5 Å². The SMILES string of the molecule is CN(CCCN=C(N)N1CCSCC1)C1CCCCC1. The Hall–Kier alpha value is -0.420. The molecule has 0 aromatic carbocycles. The minimum absolute atomic E-state index is 0.755. The maximum Gasteiger partial charge on any atom is 0.191 e. The molecule has 0 radical (unpaired) electrons. The third-order valence-corrected chi connectivity index (χ3v) is 5.42. The third kappa shape index (κ3) is 5.17. The van der Waals surface area contributed by atoms with Gasteiger partial charge in [-0.25, -0.2) is 0 Å². The van der Waals surface area contributed by atoms with Crippen molar-refractivity contribution in [3.63, 3.8) is 0 Å². The van der Waals surface area contributed by atoms with E-state index in [0.29, 0.717) is 0 Å². The highest BCUT2D eigenvalue weighted by molar-refractivity contribution is 7.99. The zero-order valence-electron chi connectivity index (χ0n) is 12.9. The number of nitrogens with zero attached hydrogens (tertiary/aromatic N) is 3. The Labute approximate surface area is 128 Å². The molecule has 0 atom stereocenters. The molecular formula is C15H30N4S. The average molecular weight is 299 g/mol. The van der Waals surface area contributed by atoms with E-state index in [2.05, 4.69) is 21.8 Å². The first kappa shape index (κ1) is 16.0. The van der Waals surface area contributed by atoms with Crippen molar-refractivity contribution in [3.8, 4) is 0 Å². The summed E-state index contributed by atoms with van der Waals surface area (Å²) in [6.07, 6.45) is 8.14. The molecule has 0 aromatic heterocycles. The predicted octanol–water partition coefficient (Wildman–Crippen LogP) is 2.00. The van der Waals surface area contributed by atoms with Gasteiger partial charge in [0.1, 0.15) is 0 Å². The van der Waals surface area contributed by atoms with Crippen molar-refractivity contribution in [2.24, 2.45) is 10.7 Å². The number of aliphatic imine (C=N–C) groups is 1. The maximum absolute atomic E-state index is 6.06. The van der Waals surface area contributed by atoms with Gasteiger partial charge in [0.15, 0.2) is 5.96 Å². The van der Waals surface area contributed by atoms with Crippen LogP contribution < -0.4 is 5.73 Å². The minimum Gasteiger partial charge on any atom is -0.370 e. The summed E-state index contributed by atoms with van der Waals surface area (Å²) >= 11 is 2.01. The van der Waals surface area contributed by atoms with Gasteiger partial charge >= 0.3 is 0 Å². The molecule has 2 rings (SSSR count). The Balaban J connectivity index is 1.62. The molecule has 4 nitrogen and oxygen atoms in total. The van der Waals surface area contributed by atoms with Crippen LogP contribution in [-0.2, 0) is 0 Å². The molecular weight excluding hydrogens is 268 g/mol. The van der Waals surface area contributed by atoms with E-state index in [1.54, 1.807) is 0 Å². The maximum atomic E-state index is 6.06. The van der Waals surface area contributed by atoms with E-state index in [1.165, 1.54) is 43.6 Å². The van der Waals surface area contributed by atoms with Crippen molar-refractivity contribution in [1.82, 2.24) is 9.80 Å². The average Bonchev–Trinajstić information content (AvgIpc) is 2.53. The van der Waals surface area contributed by atoms with Gasteiger partial charge < -0.3 is 15.5 Å². The monoisotopic (exact) mass is 298 g/mol. The van der Waals surface area contributed by atoms with Crippen LogP contribution in [0.15, 0.2) is 4.99 Å². The van der Waals surface area contributed by atoms with Gasteiger partial charge in [-0.15, -0.1) is 0 Å². The van der Waals surface area contributed by atoms with Gasteiger partial charge in [0.2, 0.25) is 0 Å². The lowest BCUT2D eigenvalue weighted by molar-refractivity contribution is 0.191. The van der Waals surface area contributed by atoms with Crippen LogP contribution in [0.3, 0.4) is 0 Å². The van der Waals surface area contributed by atoms with Crippen molar-refractivity contribution in [2.75, 3.05) is 44.7 Å². The summed E-state index contributed by atoms with van der Waals surface area (Å²) in [6, 6.07) is 0.809. The smallest absolute Gasteiger partial charge is 0.191 e. The van der Waals surface area contributed by atoms with Crippen LogP contribution in [0.25, 0.3) is 0 Å². The van der Waals surface area contributed by atoms with E-state index in [9.17, 15) is 0 Å². The van der Waals surface area contributed by atoms with Gasteiger partial charge in [-0.2, -0.15) is 11.8 Å². The summed E-state index contributed by atoms with van der Waals surface area (Å²) in [6.45, 7) is 4.13. The first-order chi connectivity index (χ1) is 9.77. The first-order valence-corrected chi connectivity index (χ1v) is 9.25. The quantitative estimate of drug-likeness (QED) is 0.479. The highest BCUT2D eigenvalue weighted by Crippen LogP contribution is 2.21. The molecule has 1 aliphatic heterocycles. The molecule has 2 fully saturated rings. The van der Waals surface area contributed by atoms with E-state index in [-0.39, 0.29) is 0 Å². The van der Waals surface area contributed by atoms with Gasteiger partial charge in [0.25, 0.3) is 0 Å². The largest absolute Gasteiger partial charge is 0.370 e. The third-order valence-electron chi connectivity index (χ3n) is 4.48. The Morgan fingerprint density at radius 3 is 2.65 bits per heavy atom. The molecule has 20 heavy (non-hydrogen) atoms. The minimum atomic E-state index is 0.755. The zero-order valence-corrected chi connectivity index (χ0v) is 13.7. The summed E-state index contributed by atoms with van der Waals surface area (Å²) in [5.74, 6) is 3.12. The van der Waals surface area contributed by atoms with Crippen molar-refractivity contribution in [1.29, 1.82) is 0 Å². The molecule has 0 spiro atoms. The zero-order chi connectivity index (χ0) is 14.2. The molecule has 0 amide bonds. The van der Waals surface area contributed by atoms with Crippen LogP contribution in [0.2, 0.25) is 0 Å². The molecule has 1 saturated heterocycles. The Kier molecular flexibility index (Phi) is 7.00. The lowest BCUT2D eigenvalue weighted by atomic mass is 9.94. The number of hydrogen-bond donors (Lipinski definition) is 1. The second-order valence-corrected chi connectivity index (χ2v) is 7.19. The number of rotatable bonds is 5. The number of nitrogens with two attached hydrogens (primary N) is 1. The van der Waals surface area contributed by atoms with Crippen LogP contribution in [0.5, 0.6) is 0 Å². The van der Waals surface area contributed by atoms with E-state index in [1.807, 2.05) is 11.8 Å². The highest BCUT2D eigenvalue weighted by atomic mass is 32.2. The summed E-state index contributed by atoms with van der Waals surface area (Å²) in [5.41, 5.74) is 6.06. The second-order valence-electron chi connectivity index (χ2n) is 5.97. The summed E-state index contributed by atoms with van der Waals surface area (Å²) < 4.78 is 0. The summed E-state index contributed by atoms with van der Waals surface area (Å²) in [4.78, 5) is 9.30. The van der Waals surface area contributed by atoms with E-state index < -0.39 is 0 Å². The van der Waals surface area contributed by atoms with Crippen molar-refractivity contribution in [2.45, 2.75) is 44.6 Å². The summed E-state index contributed by atoms with van der Waals surface area (Å²) in [5, 5.41) is 0. The number of thioether (sulfide) groups is 1. The molecule has 5 heteroatoms. The predicted molar refractivity (Wildman–Crippen MR) is 89.5 cm³/mol. The normalized spacial score (nSPS) is 22.5. The van der Waals surface area contributed by atoms with Crippen LogP contribution in [0.4, 0.5) is 0 Å². The first-order valence-electron chi connectivity index (χ1n) is 8.10. The van der Waals surface area contributed by atoms with Crippen molar-refractivity contribution in [3.05, 3.63) is 0 Å². The Morgan fingerprint density at radius 2 is 1.95 bits per heavy atom. The molecule has 1 saturated carbocycles. The Morgan fingerprint density at radius 1 is 1.25 bits per heavy atom. The molecule has 1 heterocycles. The fourth-order valence-corrected chi connectivity index (χ4v) is 4.01. The van der Waals surface area contributed by atoms with Gasteiger partial charge in [0.05, 0.1) is 0 Å². The molecule has 2 aliphatic rings. The lowest BCUT2D eigenvalue weighted by Crippen LogP contribution is -2.42. The fraction of sp³-hybridized carbons (Fsp3) is 0.933. The fourth-order valence-electron chi connectivity index (χ4n) is 3.11. The van der Waals surface area contributed by atoms with Crippen LogP contribution in [-0.4, -0.2) is 66.5 Å². The Bertz CT molecular complexity index is 296. The van der Waals surface area contributed by atoms with Gasteiger partial charge in [-0.05, 0) is 32.9 Å². The van der Waals surface area contributed by atoms with E-state index >= 15 is 0 Å². The van der Waals surface area contributed by atoms with E-state index in [0.717, 1.165) is 44.6 Å². The number of hydrogen-bond acceptors (Lipinski definition) is 3. The molecule has 2 N–H and O–H groups in total. The second kappa shape index (κ2) is 8.78. The van der Waals surface area contributed by atoms with Gasteiger partial charge in [-0.1, -0.05) is 19.3 Å². The standard InChI is InChI=1S/C15H30N4S/c1-18(14-6-3-2-4-7-14)9-5-8-17-15(16)19-10-12-20-13-11-19/h14H,2-13H2,1H3,(H2,16,17). The van der Waals surface area contributed by atoms with Crippen molar-refractivity contribution >= 4 is 17.7 Å².